The van der Waals surface area contributed by atoms with Gasteiger partial charge in [0, 0.05) is 24.7 Å². The second kappa shape index (κ2) is 5.17. The quantitative estimate of drug-likeness (QED) is 0.780. The van der Waals surface area contributed by atoms with E-state index in [1.54, 1.807) is 6.26 Å². The summed E-state index contributed by atoms with van der Waals surface area (Å²) in [6, 6.07) is 2.29. The van der Waals surface area contributed by atoms with Gasteiger partial charge >= 0.3 is 0 Å². The summed E-state index contributed by atoms with van der Waals surface area (Å²) in [4.78, 5) is 2.23. The highest BCUT2D eigenvalue weighted by Gasteiger charge is 2.08. The van der Waals surface area contributed by atoms with E-state index in [4.69, 9.17) is 10.2 Å². The van der Waals surface area contributed by atoms with Crippen molar-refractivity contribution in [2.45, 2.75) is 32.9 Å². The van der Waals surface area contributed by atoms with Gasteiger partial charge in [0.15, 0.2) is 0 Å². The Bertz CT molecular complexity index is 270. The van der Waals surface area contributed by atoms with E-state index in [1.807, 2.05) is 13.0 Å². The van der Waals surface area contributed by atoms with Gasteiger partial charge in [-0.25, -0.2) is 0 Å². The first-order valence-electron chi connectivity index (χ1n) is 5.10. The summed E-state index contributed by atoms with van der Waals surface area (Å²) in [6.45, 7) is 5.95. The van der Waals surface area contributed by atoms with Crippen molar-refractivity contribution in [2.75, 3.05) is 13.6 Å². The summed E-state index contributed by atoms with van der Waals surface area (Å²) in [7, 11) is 2.09. The molecule has 0 aliphatic rings. The SMILES string of the molecule is CCC(N)CN(C)Cc1ccoc1C. The fraction of sp³-hybridized carbons (Fsp3) is 0.636. The van der Waals surface area contributed by atoms with Gasteiger partial charge in [-0.05, 0) is 26.5 Å². The maximum atomic E-state index is 5.88. The van der Waals surface area contributed by atoms with Crippen molar-refractivity contribution in [1.29, 1.82) is 0 Å². The van der Waals surface area contributed by atoms with Crippen LogP contribution in [0.1, 0.15) is 24.7 Å². The third kappa shape index (κ3) is 3.16. The average molecular weight is 196 g/mol. The number of likely N-dealkylation sites (N-methyl/N-ethyl adjacent to an activating group) is 1. The molecule has 0 aliphatic carbocycles. The summed E-state index contributed by atoms with van der Waals surface area (Å²) in [6.07, 6.45) is 2.76. The minimum absolute atomic E-state index is 0.271. The molecule has 1 unspecified atom stereocenters. The highest BCUT2D eigenvalue weighted by Crippen LogP contribution is 2.10. The maximum absolute atomic E-state index is 5.88. The Morgan fingerprint density at radius 1 is 1.57 bits per heavy atom. The van der Waals surface area contributed by atoms with E-state index in [9.17, 15) is 0 Å². The van der Waals surface area contributed by atoms with E-state index in [-0.39, 0.29) is 6.04 Å². The van der Waals surface area contributed by atoms with E-state index in [1.165, 1.54) is 5.56 Å². The lowest BCUT2D eigenvalue weighted by molar-refractivity contribution is 0.298. The number of hydrogen-bond donors (Lipinski definition) is 1. The normalized spacial score (nSPS) is 13.5. The molecule has 1 aromatic heterocycles. The summed E-state index contributed by atoms with van der Waals surface area (Å²) in [5, 5.41) is 0. The van der Waals surface area contributed by atoms with Crippen molar-refractivity contribution in [3.8, 4) is 0 Å². The van der Waals surface area contributed by atoms with Crippen LogP contribution in [0.15, 0.2) is 16.7 Å². The molecule has 0 radical (unpaired) electrons. The summed E-state index contributed by atoms with van der Waals surface area (Å²) in [5.41, 5.74) is 7.12. The molecule has 0 aromatic carbocycles. The number of nitrogens with zero attached hydrogens (tertiary/aromatic N) is 1. The molecule has 3 heteroatoms. The summed E-state index contributed by atoms with van der Waals surface area (Å²) in [5.74, 6) is 1.00. The molecule has 1 rings (SSSR count). The second-order valence-electron chi connectivity index (χ2n) is 3.87. The van der Waals surface area contributed by atoms with Crippen LogP contribution in [0.4, 0.5) is 0 Å². The van der Waals surface area contributed by atoms with Gasteiger partial charge in [-0.2, -0.15) is 0 Å². The minimum Gasteiger partial charge on any atom is -0.469 e. The molecule has 1 aromatic rings. The highest BCUT2D eigenvalue weighted by atomic mass is 16.3. The number of furan rings is 1. The Hall–Kier alpha value is -0.800. The number of hydrogen-bond acceptors (Lipinski definition) is 3. The lowest BCUT2D eigenvalue weighted by Crippen LogP contribution is -2.34. The van der Waals surface area contributed by atoms with Crippen LogP contribution < -0.4 is 5.73 Å². The van der Waals surface area contributed by atoms with Crippen LogP contribution in [0.5, 0.6) is 0 Å². The van der Waals surface area contributed by atoms with E-state index >= 15 is 0 Å². The fourth-order valence-electron chi connectivity index (χ4n) is 1.46. The van der Waals surface area contributed by atoms with Crippen molar-refractivity contribution >= 4 is 0 Å². The van der Waals surface area contributed by atoms with Crippen molar-refractivity contribution < 1.29 is 4.42 Å². The van der Waals surface area contributed by atoms with Gasteiger partial charge in [-0.1, -0.05) is 6.92 Å². The van der Waals surface area contributed by atoms with Gasteiger partial charge in [0.2, 0.25) is 0 Å². The Morgan fingerprint density at radius 2 is 2.29 bits per heavy atom. The van der Waals surface area contributed by atoms with Crippen molar-refractivity contribution in [3.63, 3.8) is 0 Å². The van der Waals surface area contributed by atoms with Gasteiger partial charge in [0.1, 0.15) is 5.76 Å². The molecule has 2 N–H and O–H groups in total. The third-order valence-corrected chi connectivity index (χ3v) is 2.48. The molecule has 1 heterocycles. The molecule has 80 valence electrons. The lowest BCUT2D eigenvalue weighted by Gasteiger charge is -2.19. The predicted molar refractivity (Wildman–Crippen MR) is 58.0 cm³/mol. The molecule has 0 amide bonds. The molecular weight excluding hydrogens is 176 g/mol. The van der Waals surface area contributed by atoms with Crippen LogP contribution in [-0.2, 0) is 6.54 Å². The first-order chi connectivity index (χ1) is 6.63. The molecule has 0 bridgehead atoms. The first kappa shape index (κ1) is 11.3. The Balaban J connectivity index is 2.41. The zero-order valence-electron chi connectivity index (χ0n) is 9.29. The molecule has 3 nitrogen and oxygen atoms in total. The maximum Gasteiger partial charge on any atom is 0.105 e. The molecule has 0 saturated carbocycles. The molecular formula is C11H20N2O. The summed E-state index contributed by atoms with van der Waals surface area (Å²) >= 11 is 0. The van der Waals surface area contributed by atoms with Gasteiger partial charge < -0.3 is 15.1 Å². The predicted octanol–water partition coefficient (Wildman–Crippen LogP) is 1.76. The fourth-order valence-corrected chi connectivity index (χ4v) is 1.46. The van der Waals surface area contributed by atoms with Crippen molar-refractivity contribution in [2.24, 2.45) is 5.73 Å². The van der Waals surface area contributed by atoms with Crippen molar-refractivity contribution in [3.05, 3.63) is 23.7 Å². The number of aryl methyl sites for hydroxylation is 1. The Kier molecular flexibility index (Phi) is 4.17. The summed E-state index contributed by atoms with van der Waals surface area (Å²) < 4.78 is 5.24. The smallest absolute Gasteiger partial charge is 0.105 e. The number of rotatable bonds is 5. The van der Waals surface area contributed by atoms with Gasteiger partial charge in [-0.15, -0.1) is 0 Å². The van der Waals surface area contributed by atoms with Crippen LogP contribution in [0, 0.1) is 6.92 Å². The molecule has 1 atom stereocenters. The van der Waals surface area contributed by atoms with Crippen molar-refractivity contribution in [1.82, 2.24) is 4.90 Å². The molecule has 14 heavy (non-hydrogen) atoms. The van der Waals surface area contributed by atoms with Crippen LogP contribution >= 0.6 is 0 Å². The van der Waals surface area contributed by atoms with Crippen LogP contribution in [0.3, 0.4) is 0 Å². The standard InChI is InChI=1S/C11H20N2O/c1-4-11(12)8-13(3)7-10-5-6-14-9(10)2/h5-6,11H,4,7-8,12H2,1-3H3. The van der Waals surface area contributed by atoms with E-state index in [0.717, 1.165) is 25.3 Å². The van der Waals surface area contributed by atoms with E-state index in [0.29, 0.717) is 0 Å². The zero-order valence-corrected chi connectivity index (χ0v) is 9.29. The van der Waals surface area contributed by atoms with Crippen LogP contribution in [0.2, 0.25) is 0 Å². The van der Waals surface area contributed by atoms with Crippen LogP contribution in [-0.4, -0.2) is 24.5 Å². The third-order valence-electron chi connectivity index (χ3n) is 2.48. The minimum atomic E-state index is 0.271. The molecule has 0 spiro atoms. The Morgan fingerprint density at radius 3 is 2.79 bits per heavy atom. The van der Waals surface area contributed by atoms with Gasteiger partial charge in [-0.3, -0.25) is 0 Å². The molecule has 0 saturated heterocycles. The average Bonchev–Trinajstić information content (AvgIpc) is 2.51. The monoisotopic (exact) mass is 196 g/mol. The topological polar surface area (TPSA) is 42.4 Å². The lowest BCUT2D eigenvalue weighted by atomic mass is 10.2. The van der Waals surface area contributed by atoms with E-state index in [2.05, 4.69) is 18.9 Å². The number of nitrogens with two attached hydrogens (primary N) is 1. The van der Waals surface area contributed by atoms with Gasteiger partial charge in [0.05, 0.1) is 6.26 Å². The van der Waals surface area contributed by atoms with Gasteiger partial charge in [0.25, 0.3) is 0 Å². The van der Waals surface area contributed by atoms with E-state index < -0.39 is 0 Å². The Labute approximate surface area is 85.9 Å². The highest BCUT2D eigenvalue weighted by molar-refractivity contribution is 5.14. The second-order valence-corrected chi connectivity index (χ2v) is 3.87. The largest absolute Gasteiger partial charge is 0.469 e. The molecule has 0 aliphatic heterocycles. The van der Waals surface area contributed by atoms with Crippen LogP contribution in [0.25, 0.3) is 0 Å². The zero-order chi connectivity index (χ0) is 10.6. The molecule has 0 fully saturated rings. The first-order valence-corrected chi connectivity index (χ1v) is 5.10.